The fourth-order valence-electron chi connectivity index (χ4n) is 4.24. The third-order valence-corrected chi connectivity index (χ3v) is 6.95. The van der Waals surface area contributed by atoms with Gasteiger partial charge in [-0.25, -0.2) is 8.78 Å². The van der Waals surface area contributed by atoms with Gasteiger partial charge in [0.15, 0.2) is 12.0 Å². The van der Waals surface area contributed by atoms with Crippen molar-refractivity contribution in [1.82, 2.24) is 0 Å². The molecule has 0 aromatic heterocycles. The van der Waals surface area contributed by atoms with Crippen LogP contribution in [0.3, 0.4) is 0 Å². The van der Waals surface area contributed by atoms with E-state index in [0.717, 1.165) is 5.56 Å². The summed E-state index contributed by atoms with van der Waals surface area (Å²) in [6, 6.07) is 8.06. The molecule has 0 aliphatic heterocycles. The van der Waals surface area contributed by atoms with Crippen LogP contribution in [-0.2, 0) is 17.4 Å². The molecule has 0 fully saturated rings. The highest BCUT2D eigenvalue weighted by Gasteiger charge is 2.38. The summed E-state index contributed by atoms with van der Waals surface area (Å²) in [6.07, 6.45) is 1.47. The lowest BCUT2D eigenvalue weighted by Gasteiger charge is -2.22. The molecule has 6 heteroatoms. The minimum Gasteiger partial charge on any atom is -0.319 e. The van der Waals surface area contributed by atoms with Crippen LogP contribution in [0.5, 0.6) is 0 Å². The maximum atomic E-state index is 14.4. The number of Topliss-reactive ketones (excluding diaryl/α,β-unsaturated/α-hetero) is 1. The third kappa shape index (κ3) is 2.84. The van der Waals surface area contributed by atoms with Gasteiger partial charge < -0.3 is 4.57 Å². The summed E-state index contributed by atoms with van der Waals surface area (Å²) in [4.78, 5) is 12.5. The zero-order valence-electron chi connectivity index (χ0n) is 15.6. The number of fused-ring (bicyclic) bond motifs is 2. The van der Waals surface area contributed by atoms with E-state index in [-0.39, 0.29) is 17.5 Å². The van der Waals surface area contributed by atoms with Crippen LogP contribution >= 0.6 is 7.14 Å². The molecule has 4 rings (SSSR count). The Bertz CT molecular complexity index is 1150. The van der Waals surface area contributed by atoms with Crippen molar-refractivity contribution in [3.8, 4) is 6.07 Å². The van der Waals surface area contributed by atoms with Gasteiger partial charge in [0.2, 0.25) is 0 Å². The van der Waals surface area contributed by atoms with E-state index in [9.17, 15) is 23.4 Å². The minimum atomic E-state index is -2.78. The summed E-state index contributed by atoms with van der Waals surface area (Å²) < 4.78 is 40.9. The van der Waals surface area contributed by atoms with Gasteiger partial charge in [-0.15, -0.1) is 0 Å². The van der Waals surface area contributed by atoms with Crippen molar-refractivity contribution in [2.75, 3.05) is 13.3 Å². The first-order valence-electron chi connectivity index (χ1n) is 9.05. The van der Waals surface area contributed by atoms with Crippen LogP contribution in [-0.4, -0.2) is 25.3 Å². The molecular formula is C22H18F2NO2P. The highest BCUT2D eigenvalue weighted by atomic mass is 31.2. The Morgan fingerprint density at radius 2 is 1.96 bits per heavy atom. The van der Waals surface area contributed by atoms with Gasteiger partial charge in [0, 0.05) is 22.9 Å². The second-order valence-electron chi connectivity index (χ2n) is 7.63. The van der Waals surface area contributed by atoms with E-state index >= 15 is 0 Å². The quantitative estimate of drug-likeness (QED) is 0.706. The average molecular weight is 397 g/mol. The summed E-state index contributed by atoms with van der Waals surface area (Å²) in [6.45, 7) is 3.12. The first kappa shape index (κ1) is 18.8. The SMILES string of the molecule is CP(C)(=O)c1ccc(C2=CCCc3cc(F)cc(C#N)c32)c2c1C(=O)C(F)C2. The molecule has 2 aromatic rings. The Labute approximate surface area is 162 Å². The van der Waals surface area contributed by atoms with Crippen molar-refractivity contribution in [3.05, 3.63) is 69.5 Å². The third-order valence-electron chi connectivity index (χ3n) is 5.41. The molecular weight excluding hydrogens is 379 g/mol. The summed E-state index contributed by atoms with van der Waals surface area (Å²) in [5, 5.41) is 9.91. The van der Waals surface area contributed by atoms with Gasteiger partial charge in [0.25, 0.3) is 0 Å². The molecule has 28 heavy (non-hydrogen) atoms. The smallest absolute Gasteiger partial charge is 0.198 e. The lowest BCUT2D eigenvalue weighted by atomic mass is 9.82. The average Bonchev–Trinajstić information content (AvgIpc) is 2.93. The Kier molecular flexibility index (Phi) is 4.36. The van der Waals surface area contributed by atoms with Gasteiger partial charge in [0.05, 0.1) is 11.6 Å². The lowest BCUT2D eigenvalue weighted by molar-refractivity contribution is 0.0900. The van der Waals surface area contributed by atoms with Gasteiger partial charge in [-0.05, 0) is 60.6 Å². The molecule has 0 heterocycles. The van der Waals surface area contributed by atoms with E-state index < -0.39 is 24.9 Å². The molecule has 0 N–H and O–H groups in total. The van der Waals surface area contributed by atoms with Crippen molar-refractivity contribution < 1.29 is 18.1 Å². The largest absolute Gasteiger partial charge is 0.319 e. The number of carbonyl (C=O) groups is 1. The number of nitrogens with zero attached hydrogens (tertiary/aromatic N) is 1. The molecule has 0 saturated carbocycles. The second kappa shape index (κ2) is 6.50. The number of benzene rings is 2. The van der Waals surface area contributed by atoms with E-state index in [1.54, 1.807) is 25.5 Å². The second-order valence-corrected chi connectivity index (χ2v) is 10.8. The van der Waals surface area contributed by atoms with E-state index in [0.29, 0.717) is 40.4 Å². The Morgan fingerprint density at radius 3 is 2.64 bits per heavy atom. The Hall–Kier alpha value is -2.57. The van der Waals surface area contributed by atoms with Gasteiger partial charge in [-0.3, -0.25) is 4.79 Å². The summed E-state index contributed by atoms with van der Waals surface area (Å²) in [5.41, 5.74) is 3.70. The Morgan fingerprint density at radius 1 is 1.21 bits per heavy atom. The van der Waals surface area contributed by atoms with Crippen LogP contribution in [0.25, 0.3) is 5.57 Å². The molecule has 0 bridgehead atoms. The zero-order chi connectivity index (χ0) is 20.2. The monoisotopic (exact) mass is 397 g/mol. The van der Waals surface area contributed by atoms with Gasteiger partial charge in [0.1, 0.15) is 13.0 Å². The Balaban J connectivity index is 2.00. The molecule has 3 nitrogen and oxygen atoms in total. The molecule has 2 aromatic carbocycles. The molecule has 0 saturated heterocycles. The topological polar surface area (TPSA) is 57.9 Å². The maximum Gasteiger partial charge on any atom is 0.198 e. The van der Waals surface area contributed by atoms with Crippen LogP contribution in [0.4, 0.5) is 8.78 Å². The van der Waals surface area contributed by atoms with Gasteiger partial charge in [-0.2, -0.15) is 5.26 Å². The number of halogens is 2. The highest BCUT2D eigenvalue weighted by Crippen LogP contribution is 2.43. The predicted octanol–water partition coefficient (Wildman–Crippen LogP) is 4.40. The molecule has 0 radical (unpaired) electrons. The number of allylic oxidation sites excluding steroid dienone is 1. The number of aryl methyl sites for hydroxylation is 1. The predicted molar refractivity (Wildman–Crippen MR) is 105 cm³/mol. The molecule has 1 atom stereocenters. The molecule has 2 aliphatic rings. The number of nitriles is 1. The van der Waals surface area contributed by atoms with Gasteiger partial charge in [-0.1, -0.05) is 18.2 Å². The van der Waals surface area contributed by atoms with Crippen LogP contribution in [0.2, 0.25) is 0 Å². The highest BCUT2D eigenvalue weighted by molar-refractivity contribution is 7.70. The van der Waals surface area contributed by atoms with Crippen LogP contribution in [0, 0.1) is 17.1 Å². The van der Waals surface area contributed by atoms with Crippen molar-refractivity contribution in [2.45, 2.75) is 25.4 Å². The molecule has 2 aliphatic carbocycles. The van der Waals surface area contributed by atoms with E-state index in [1.165, 1.54) is 12.1 Å². The first-order chi connectivity index (χ1) is 13.2. The number of ketones is 1. The van der Waals surface area contributed by atoms with Crippen molar-refractivity contribution in [3.63, 3.8) is 0 Å². The molecule has 1 unspecified atom stereocenters. The van der Waals surface area contributed by atoms with Crippen molar-refractivity contribution in [2.24, 2.45) is 0 Å². The maximum absolute atomic E-state index is 14.4. The zero-order valence-corrected chi connectivity index (χ0v) is 16.4. The summed E-state index contributed by atoms with van der Waals surface area (Å²) in [5.74, 6) is -1.10. The summed E-state index contributed by atoms with van der Waals surface area (Å²) >= 11 is 0. The minimum absolute atomic E-state index is 0.0763. The number of hydrogen-bond donors (Lipinski definition) is 0. The number of rotatable bonds is 2. The van der Waals surface area contributed by atoms with Gasteiger partial charge >= 0.3 is 0 Å². The number of hydrogen-bond acceptors (Lipinski definition) is 3. The fourth-order valence-corrected chi connectivity index (χ4v) is 5.45. The first-order valence-corrected chi connectivity index (χ1v) is 11.7. The molecule has 142 valence electrons. The van der Waals surface area contributed by atoms with E-state index in [2.05, 4.69) is 6.07 Å². The normalized spacial score (nSPS) is 18.3. The van der Waals surface area contributed by atoms with Crippen LogP contribution in [0.15, 0.2) is 30.3 Å². The molecule has 0 spiro atoms. The van der Waals surface area contributed by atoms with Crippen molar-refractivity contribution in [1.29, 1.82) is 5.26 Å². The lowest BCUT2D eigenvalue weighted by Crippen LogP contribution is -2.18. The number of alkyl halides is 1. The fraction of sp³-hybridized carbons (Fsp3) is 0.273. The standard InChI is InChI=1S/C22H18F2NO2P/c1-28(2,27)19-7-6-15(17-10-18(24)22(26)21(17)19)16-5-3-4-12-8-14(23)9-13(11-25)20(12)16/h5-9,18H,3-4,10H2,1-2H3. The summed E-state index contributed by atoms with van der Waals surface area (Å²) in [7, 11) is -2.78. The van der Waals surface area contributed by atoms with E-state index in [4.69, 9.17) is 0 Å². The van der Waals surface area contributed by atoms with Crippen LogP contribution in [0.1, 0.15) is 44.6 Å². The number of carbonyl (C=O) groups excluding carboxylic acids is 1. The van der Waals surface area contributed by atoms with Crippen molar-refractivity contribution >= 4 is 23.8 Å². The molecule has 0 amide bonds. The van der Waals surface area contributed by atoms with E-state index in [1.807, 2.05) is 6.08 Å². The van der Waals surface area contributed by atoms with Crippen LogP contribution < -0.4 is 5.30 Å².